The summed E-state index contributed by atoms with van der Waals surface area (Å²) in [6.07, 6.45) is 5.71. The highest BCUT2D eigenvalue weighted by Gasteiger charge is 2.02. The Balaban J connectivity index is 2.23. The van der Waals surface area contributed by atoms with Gasteiger partial charge in [-0.2, -0.15) is 0 Å². The zero-order chi connectivity index (χ0) is 9.10. The Morgan fingerprint density at radius 3 is 3.23 bits per heavy atom. The molecule has 2 heterocycles. The maximum atomic E-state index is 10.5. The molecule has 0 bridgehead atoms. The second-order valence-corrected chi connectivity index (χ2v) is 3.47. The number of aromatic nitrogens is 3. The highest BCUT2D eigenvalue weighted by atomic mass is 32.1. The standard InChI is InChI=1S/C8H7N3OS/c12-5-7-3-9-6-11(7)4-8-10-1-2-13-8/h1-3,5-6H,4H2. The van der Waals surface area contributed by atoms with Crippen molar-refractivity contribution in [1.82, 2.24) is 14.5 Å². The summed E-state index contributed by atoms with van der Waals surface area (Å²) in [6.45, 7) is 0.617. The van der Waals surface area contributed by atoms with E-state index in [0.717, 1.165) is 11.3 Å². The van der Waals surface area contributed by atoms with E-state index in [4.69, 9.17) is 0 Å². The van der Waals surface area contributed by atoms with E-state index < -0.39 is 0 Å². The molecule has 0 aliphatic heterocycles. The van der Waals surface area contributed by atoms with Crippen LogP contribution in [-0.2, 0) is 6.54 Å². The lowest BCUT2D eigenvalue weighted by Crippen LogP contribution is -2.01. The maximum absolute atomic E-state index is 10.5. The van der Waals surface area contributed by atoms with Gasteiger partial charge >= 0.3 is 0 Å². The minimum absolute atomic E-state index is 0.579. The number of imidazole rings is 1. The Kier molecular flexibility index (Phi) is 2.18. The van der Waals surface area contributed by atoms with Crippen LogP contribution in [0.3, 0.4) is 0 Å². The average Bonchev–Trinajstić information content (AvgIpc) is 2.76. The number of nitrogens with zero attached hydrogens (tertiary/aromatic N) is 3. The Hall–Kier alpha value is -1.49. The number of carbonyl (C=O) groups is 1. The van der Waals surface area contributed by atoms with Crippen LogP contribution in [0.15, 0.2) is 24.1 Å². The molecule has 2 rings (SSSR count). The van der Waals surface area contributed by atoms with Crippen molar-refractivity contribution in [2.24, 2.45) is 0 Å². The van der Waals surface area contributed by atoms with E-state index in [0.29, 0.717) is 12.2 Å². The summed E-state index contributed by atoms with van der Waals surface area (Å²) in [7, 11) is 0. The molecule has 0 aliphatic carbocycles. The minimum atomic E-state index is 0.579. The van der Waals surface area contributed by atoms with Gasteiger partial charge in [-0.05, 0) is 0 Å². The van der Waals surface area contributed by atoms with E-state index in [1.807, 2.05) is 5.38 Å². The molecule has 0 saturated carbocycles. The van der Waals surface area contributed by atoms with Gasteiger partial charge in [0.25, 0.3) is 0 Å². The Labute approximate surface area is 78.9 Å². The molecular formula is C8H7N3OS. The fourth-order valence-electron chi connectivity index (χ4n) is 1.04. The lowest BCUT2D eigenvalue weighted by Gasteiger charge is -1.99. The summed E-state index contributed by atoms with van der Waals surface area (Å²) in [4.78, 5) is 18.5. The van der Waals surface area contributed by atoms with Crippen LogP contribution < -0.4 is 0 Å². The Bertz CT molecular complexity index is 393. The third-order valence-corrected chi connectivity index (χ3v) is 2.42. The van der Waals surface area contributed by atoms with Gasteiger partial charge in [-0.15, -0.1) is 11.3 Å². The molecule has 0 amide bonds. The van der Waals surface area contributed by atoms with Crippen molar-refractivity contribution in [3.63, 3.8) is 0 Å². The van der Waals surface area contributed by atoms with E-state index in [-0.39, 0.29) is 0 Å². The van der Waals surface area contributed by atoms with Crippen molar-refractivity contribution < 1.29 is 4.79 Å². The molecule has 2 aromatic heterocycles. The van der Waals surface area contributed by atoms with Gasteiger partial charge in [-0.1, -0.05) is 0 Å². The molecule has 0 aromatic carbocycles. The molecule has 0 spiro atoms. The quantitative estimate of drug-likeness (QED) is 0.688. The van der Waals surface area contributed by atoms with Crippen molar-refractivity contribution in [2.75, 3.05) is 0 Å². The van der Waals surface area contributed by atoms with Crippen LogP contribution in [0, 0.1) is 0 Å². The van der Waals surface area contributed by atoms with Crippen LogP contribution in [0.25, 0.3) is 0 Å². The van der Waals surface area contributed by atoms with Crippen LogP contribution in [0.2, 0.25) is 0 Å². The number of hydrogen-bond donors (Lipinski definition) is 0. The smallest absolute Gasteiger partial charge is 0.168 e. The first-order chi connectivity index (χ1) is 6.40. The molecule has 0 saturated heterocycles. The predicted octanol–water partition coefficient (Wildman–Crippen LogP) is 1.20. The SMILES string of the molecule is O=Cc1cncn1Cc1nccs1. The van der Waals surface area contributed by atoms with Gasteiger partial charge in [-0.3, -0.25) is 4.79 Å². The molecule has 0 fully saturated rings. The first kappa shape index (κ1) is 8.12. The molecule has 0 aliphatic rings. The molecular weight excluding hydrogens is 186 g/mol. The first-order valence-electron chi connectivity index (χ1n) is 3.74. The second-order valence-electron chi connectivity index (χ2n) is 2.49. The fourth-order valence-corrected chi connectivity index (χ4v) is 1.65. The van der Waals surface area contributed by atoms with Crippen LogP contribution in [0.1, 0.15) is 15.5 Å². The van der Waals surface area contributed by atoms with Crippen LogP contribution in [-0.4, -0.2) is 20.8 Å². The van der Waals surface area contributed by atoms with Crippen LogP contribution in [0.5, 0.6) is 0 Å². The molecule has 0 radical (unpaired) electrons. The molecule has 5 heteroatoms. The third-order valence-electron chi connectivity index (χ3n) is 1.65. The van der Waals surface area contributed by atoms with E-state index in [9.17, 15) is 4.79 Å². The van der Waals surface area contributed by atoms with E-state index in [1.54, 1.807) is 34.6 Å². The van der Waals surface area contributed by atoms with Crippen molar-refractivity contribution in [1.29, 1.82) is 0 Å². The van der Waals surface area contributed by atoms with Crippen LogP contribution >= 0.6 is 11.3 Å². The summed E-state index contributed by atoms with van der Waals surface area (Å²) in [6, 6.07) is 0. The van der Waals surface area contributed by atoms with Crippen LogP contribution in [0.4, 0.5) is 0 Å². The summed E-state index contributed by atoms with van der Waals surface area (Å²) < 4.78 is 1.77. The molecule has 0 atom stereocenters. The van der Waals surface area contributed by atoms with E-state index >= 15 is 0 Å². The van der Waals surface area contributed by atoms with Gasteiger partial charge in [0.05, 0.1) is 19.1 Å². The highest BCUT2D eigenvalue weighted by Crippen LogP contribution is 2.07. The largest absolute Gasteiger partial charge is 0.321 e. The normalized spacial score (nSPS) is 10.2. The summed E-state index contributed by atoms with van der Waals surface area (Å²) in [5.74, 6) is 0. The summed E-state index contributed by atoms with van der Waals surface area (Å²) in [5.41, 5.74) is 0.579. The summed E-state index contributed by atoms with van der Waals surface area (Å²) in [5, 5.41) is 2.88. The number of hydrogen-bond acceptors (Lipinski definition) is 4. The number of rotatable bonds is 3. The highest BCUT2D eigenvalue weighted by molar-refractivity contribution is 7.09. The second kappa shape index (κ2) is 3.49. The van der Waals surface area contributed by atoms with Crippen molar-refractivity contribution >= 4 is 17.6 Å². The van der Waals surface area contributed by atoms with Gasteiger partial charge in [0, 0.05) is 11.6 Å². The van der Waals surface area contributed by atoms with Gasteiger partial charge in [0.15, 0.2) is 6.29 Å². The van der Waals surface area contributed by atoms with E-state index in [2.05, 4.69) is 9.97 Å². The molecule has 13 heavy (non-hydrogen) atoms. The molecule has 2 aromatic rings. The average molecular weight is 193 g/mol. The van der Waals surface area contributed by atoms with Gasteiger partial charge < -0.3 is 4.57 Å². The Morgan fingerprint density at radius 2 is 2.54 bits per heavy atom. The number of carbonyl (C=O) groups excluding carboxylic acids is 1. The minimum Gasteiger partial charge on any atom is -0.321 e. The zero-order valence-corrected chi connectivity index (χ0v) is 7.57. The zero-order valence-electron chi connectivity index (χ0n) is 6.75. The topological polar surface area (TPSA) is 47.8 Å². The van der Waals surface area contributed by atoms with Gasteiger partial charge in [-0.25, -0.2) is 9.97 Å². The lowest BCUT2D eigenvalue weighted by atomic mass is 10.5. The molecule has 0 unspecified atom stereocenters. The maximum Gasteiger partial charge on any atom is 0.168 e. The Morgan fingerprint density at radius 1 is 1.62 bits per heavy atom. The number of aldehydes is 1. The van der Waals surface area contributed by atoms with Crippen molar-refractivity contribution in [3.8, 4) is 0 Å². The predicted molar refractivity (Wildman–Crippen MR) is 48.8 cm³/mol. The number of thiazole rings is 1. The summed E-state index contributed by atoms with van der Waals surface area (Å²) >= 11 is 1.56. The molecule has 4 nitrogen and oxygen atoms in total. The van der Waals surface area contributed by atoms with Crippen molar-refractivity contribution in [3.05, 3.63) is 34.8 Å². The third kappa shape index (κ3) is 1.65. The van der Waals surface area contributed by atoms with E-state index in [1.165, 1.54) is 0 Å². The van der Waals surface area contributed by atoms with Crippen molar-refractivity contribution in [2.45, 2.75) is 6.54 Å². The lowest BCUT2D eigenvalue weighted by molar-refractivity contribution is 0.111. The van der Waals surface area contributed by atoms with Gasteiger partial charge in [0.2, 0.25) is 0 Å². The molecule has 0 N–H and O–H groups in total. The monoisotopic (exact) mass is 193 g/mol. The van der Waals surface area contributed by atoms with Gasteiger partial charge in [0.1, 0.15) is 10.7 Å². The fraction of sp³-hybridized carbons (Fsp3) is 0.125. The first-order valence-corrected chi connectivity index (χ1v) is 4.62. The molecule has 66 valence electrons.